The number of hydrogen-bond donors (Lipinski definition) is 1. The molecule has 1 heterocycles. The Bertz CT molecular complexity index is 562. The Morgan fingerprint density at radius 1 is 1.22 bits per heavy atom. The van der Waals surface area contributed by atoms with E-state index in [2.05, 4.69) is 36.8 Å². The van der Waals surface area contributed by atoms with E-state index in [9.17, 15) is 5.11 Å². The van der Waals surface area contributed by atoms with Crippen molar-refractivity contribution in [3.8, 4) is 0 Å². The minimum absolute atomic E-state index is 0.507. The van der Waals surface area contributed by atoms with Crippen molar-refractivity contribution in [1.82, 2.24) is 4.98 Å². The molecule has 0 aliphatic heterocycles. The van der Waals surface area contributed by atoms with E-state index in [0.717, 1.165) is 20.1 Å². The highest BCUT2D eigenvalue weighted by Crippen LogP contribution is 2.28. The molecule has 0 saturated carbocycles. The maximum atomic E-state index is 10.2. The van der Waals surface area contributed by atoms with Gasteiger partial charge in [0.05, 0.1) is 6.10 Å². The zero-order chi connectivity index (χ0) is 13.1. The van der Waals surface area contributed by atoms with Gasteiger partial charge in [0, 0.05) is 32.8 Å². The normalized spacial score (nSPS) is 12.4. The molecule has 18 heavy (non-hydrogen) atoms. The van der Waals surface area contributed by atoms with Gasteiger partial charge in [0.1, 0.15) is 0 Å². The summed E-state index contributed by atoms with van der Waals surface area (Å²) in [6.45, 7) is 0. The number of aliphatic hydroxyl groups excluding tert-OH is 1. The van der Waals surface area contributed by atoms with Gasteiger partial charge in [0.25, 0.3) is 0 Å². The van der Waals surface area contributed by atoms with Crippen molar-refractivity contribution in [3.63, 3.8) is 0 Å². The third-order valence-corrected chi connectivity index (χ3v) is 3.87. The lowest BCUT2D eigenvalue weighted by Crippen LogP contribution is -2.03. The molecule has 2 rings (SSSR count). The van der Waals surface area contributed by atoms with E-state index in [-0.39, 0.29) is 0 Å². The molecule has 1 N–H and O–H groups in total. The molecule has 0 radical (unpaired) electrons. The molecule has 0 aliphatic rings. The van der Waals surface area contributed by atoms with Gasteiger partial charge >= 0.3 is 0 Å². The molecule has 0 aliphatic carbocycles. The predicted octanol–water partition coefficient (Wildman–Crippen LogP) is 4.54. The minimum atomic E-state index is -0.590. The lowest BCUT2D eigenvalue weighted by Gasteiger charge is -2.13. The summed E-state index contributed by atoms with van der Waals surface area (Å²) in [5.41, 5.74) is 1.79. The summed E-state index contributed by atoms with van der Waals surface area (Å²) in [5, 5.41) is 10.9. The van der Waals surface area contributed by atoms with Crippen LogP contribution in [0.1, 0.15) is 17.2 Å². The van der Waals surface area contributed by atoms with Crippen molar-refractivity contribution in [3.05, 3.63) is 61.8 Å². The first kappa shape index (κ1) is 14.0. The fourth-order valence-electron chi connectivity index (χ4n) is 1.67. The summed E-state index contributed by atoms with van der Waals surface area (Å²) in [5.74, 6) is 0. The lowest BCUT2D eigenvalue weighted by atomic mass is 10.0. The van der Waals surface area contributed by atoms with E-state index in [4.69, 9.17) is 11.6 Å². The summed E-state index contributed by atoms with van der Waals surface area (Å²) in [6.07, 6.45) is 3.38. The van der Waals surface area contributed by atoms with E-state index in [1.54, 1.807) is 24.5 Å². The Balaban J connectivity index is 2.19. The number of rotatable bonds is 3. The van der Waals surface area contributed by atoms with Gasteiger partial charge in [-0.15, -0.1) is 0 Å². The second-order valence-corrected chi connectivity index (χ2v) is 6.10. The van der Waals surface area contributed by atoms with Crippen LogP contribution in [0.5, 0.6) is 0 Å². The second-order valence-electron chi connectivity index (χ2n) is 3.90. The number of benzene rings is 1. The number of nitrogens with zero attached hydrogens (tertiary/aromatic N) is 1. The highest BCUT2D eigenvalue weighted by atomic mass is 79.9. The molecule has 0 spiro atoms. The van der Waals surface area contributed by atoms with Crippen LogP contribution in [0.15, 0.2) is 45.6 Å². The van der Waals surface area contributed by atoms with Crippen LogP contribution < -0.4 is 0 Å². The molecule has 0 fully saturated rings. The average molecular weight is 391 g/mol. The number of halogens is 3. The minimum Gasteiger partial charge on any atom is -0.388 e. The van der Waals surface area contributed by atoms with E-state index in [0.29, 0.717) is 11.4 Å². The molecule has 2 aromatic rings. The predicted molar refractivity (Wildman–Crippen MR) is 79.8 cm³/mol. The van der Waals surface area contributed by atoms with Crippen LogP contribution >= 0.6 is 43.5 Å². The van der Waals surface area contributed by atoms with Gasteiger partial charge < -0.3 is 5.11 Å². The molecule has 5 heteroatoms. The third-order valence-electron chi connectivity index (χ3n) is 2.51. The summed E-state index contributed by atoms with van der Waals surface area (Å²) in [6, 6.07) is 7.31. The summed E-state index contributed by atoms with van der Waals surface area (Å²) < 4.78 is 1.72. The molecular formula is C13H10Br2ClNO. The molecule has 1 atom stereocenters. The van der Waals surface area contributed by atoms with E-state index < -0.39 is 6.10 Å². The molecule has 1 aromatic heterocycles. The van der Waals surface area contributed by atoms with Crippen molar-refractivity contribution in [2.75, 3.05) is 0 Å². The van der Waals surface area contributed by atoms with Crippen LogP contribution in [-0.4, -0.2) is 10.1 Å². The van der Waals surface area contributed by atoms with Crippen LogP contribution in [0.4, 0.5) is 0 Å². The smallest absolute Gasteiger partial charge is 0.0841 e. The molecule has 0 saturated heterocycles. The summed E-state index contributed by atoms with van der Waals surface area (Å²) >= 11 is 12.6. The van der Waals surface area contributed by atoms with Crippen molar-refractivity contribution in [2.24, 2.45) is 0 Å². The van der Waals surface area contributed by atoms with Gasteiger partial charge in [0.15, 0.2) is 0 Å². The zero-order valence-electron chi connectivity index (χ0n) is 9.28. The number of pyridine rings is 1. The van der Waals surface area contributed by atoms with Gasteiger partial charge in [-0.3, -0.25) is 4.98 Å². The van der Waals surface area contributed by atoms with Crippen LogP contribution in [0, 0.1) is 0 Å². The van der Waals surface area contributed by atoms with Crippen LogP contribution in [0.3, 0.4) is 0 Å². The number of aliphatic hydroxyl groups is 1. The standard InChI is InChI=1S/C13H10Br2ClNO/c14-9-3-8(6-17-7-9)4-13(18)11-2-1-10(16)5-12(11)15/h1-3,5-7,13,18H,4H2. The van der Waals surface area contributed by atoms with Crippen LogP contribution in [-0.2, 0) is 6.42 Å². The fourth-order valence-corrected chi connectivity index (χ4v) is 3.03. The maximum absolute atomic E-state index is 10.2. The molecule has 0 bridgehead atoms. The molecule has 2 nitrogen and oxygen atoms in total. The van der Waals surface area contributed by atoms with Crippen molar-refractivity contribution >= 4 is 43.5 Å². The quantitative estimate of drug-likeness (QED) is 0.834. The average Bonchev–Trinajstić information content (AvgIpc) is 2.28. The van der Waals surface area contributed by atoms with Gasteiger partial charge in [-0.2, -0.15) is 0 Å². The maximum Gasteiger partial charge on any atom is 0.0841 e. The van der Waals surface area contributed by atoms with Gasteiger partial charge in [-0.05, 0) is 45.3 Å². The monoisotopic (exact) mass is 389 g/mol. The first-order valence-corrected chi connectivity index (χ1v) is 7.25. The van der Waals surface area contributed by atoms with Gasteiger partial charge in [-0.1, -0.05) is 33.6 Å². The van der Waals surface area contributed by atoms with E-state index in [1.165, 1.54) is 0 Å². The van der Waals surface area contributed by atoms with Gasteiger partial charge in [-0.25, -0.2) is 0 Å². The third kappa shape index (κ3) is 3.54. The van der Waals surface area contributed by atoms with Crippen molar-refractivity contribution in [1.29, 1.82) is 0 Å². The largest absolute Gasteiger partial charge is 0.388 e. The fraction of sp³-hybridized carbons (Fsp3) is 0.154. The molecule has 1 aromatic carbocycles. The topological polar surface area (TPSA) is 33.1 Å². The SMILES string of the molecule is OC(Cc1cncc(Br)c1)c1ccc(Cl)cc1Br. The Hall–Kier alpha value is -0.420. The van der Waals surface area contributed by atoms with Gasteiger partial charge in [0.2, 0.25) is 0 Å². The van der Waals surface area contributed by atoms with Crippen molar-refractivity contribution in [2.45, 2.75) is 12.5 Å². The molecule has 1 unspecified atom stereocenters. The first-order valence-electron chi connectivity index (χ1n) is 5.28. The molecule has 0 amide bonds. The Morgan fingerprint density at radius 2 is 2.00 bits per heavy atom. The summed E-state index contributed by atoms with van der Waals surface area (Å²) in [7, 11) is 0. The number of hydrogen-bond acceptors (Lipinski definition) is 2. The highest BCUT2D eigenvalue weighted by Gasteiger charge is 2.12. The van der Waals surface area contributed by atoms with Crippen molar-refractivity contribution < 1.29 is 5.11 Å². The molecule has 94 valence electrons. The number of aromatic nitrogens is 1. The Kier molecular flexibility index (Phi) is 4.78. The second kappa shape index (κ2) is 6.15. The van der Waals surface area contributed by atoms with E-state index >= 15 is 0 Å². The van der Waals surface area contributed by atoms with Crippen LogP contribution in [0.2, 0.25) is 5.02 Å². The highest BCUT2D eigenvalue weighted by molar-refractivity contribution is 9.10. The zero-order valence-corrected chi connectivity index (χ0v) is 13.2. The lowest BCUT2D eigenvalue weighted by molar-refractivity contribution is 0.177. The first-order chi connectivity index (χ1) is 8.56. The Morgan fingerprint density at radius 3 is 2.67 bits per heavy atom. The Labute approximate surface area is 127 Å². The van der Waals surface area contributed by atoms with E-state index in [1.807, 2.05) is 12.1 Å². The summed E-state index contributed by atoms with van der Waals surface area (Å²) in [4.78, 5) is 4.08. The molecular weight excluding hydrogens is 381 g/mol. The van der Waals surface area contributed by atoms with Crippen LogP contribution in [0.25, 0.3) is 0 Å².